The van der Waals surface area contributed by atoms with Crippen molar-refractivity contribution in [2.45, 2.75) is 19.8 Å². The lowest BCUT2D eigenvalue weighted by molar-refractivity contribution is -0.122. The number of hydrogen-bond donors (Lipinski definition) is 0. The van der Waals surface area contributed by atoms with Crippen LogP contribution in [-0.4, -0.2) is 49.8 Å². The van der Waals surface area contributed by atoms with Gasteiger partial charge in [0.1, 0.15) is 17.3 Å². The Hall–Kier alpha value is -3.00. The number of aliphatic imine (C=N–C) groups is 1. The lowest BCUT2D eigenvalue weighted by atomic mass is 10.1. The predicted octanol–water partition coefficient (Wildman–Crippen LogP) is 5.07. The molecule has 0 radical (unpaired) electrons. The zero-order valence-corrected chi connectivity index (χ0v) is 19.2. The molecular formula is C24H26FN3O3S. The largest absolute Gasteiger partial charge is 0.496 e. The second-order valence-corrected chi connectivity index (χ2v) is 8.50. The highest BCUT2D eigenvalue weighted by Crippen LogP contribution is 2.40. The number of carbonyl (C=O) groups excluding carboxylic acids is 1. The van der Waals surface area contributed by atoms with Crippen LogP contribution in [0.5, 0.6) is 11.5 Å². The number of carbonyl (C=O) groups is 1. The minimum absolute atomic E-state index is 0.122. The Morgan fingerprint density at radius 1 is 1.09 bits per heavy atom. The lowest BCUT2D eigenvalue weighted by Gasteiger charge is -2.22. The van der Waals surface area contributed by atoms with Crippen LogP contribution in [0.1, 0.15) is 25.3 Å². The summed E-state index contributed by atoms with van der Waals surface area (Å²) >= 11 is 1.29. The third kappa shape index (κ3) is 4.46. The standard InChI is InChI=1S/C24H26FN3O3S/c1-4-28-23(29)22(32-24(28)26-18-9-7-17(25)8-10-18)14-16-13-21(31-3)19(15-20(16)30-2)27-11-5-6-12-27/h7-10,13-15H,4-6,11-12H2,1-3H3/b22-14+,26-24?. The molecule has 2 aliphatic heterocycles. The predicted molar refractivity (Wildman–Crippen MR) is 127 cm³/mol. The van der Waals surface area contributed by atoms with E-state index < -0.39 is 0 Å². The summed E-state index contributed by atoms with van der Waals surface area (Å²) in [6.45, 7) is 4.36. The zero-order valence-electron chi connectivity index (χ0n) is 18.4. The van der Waals surface area contributed by atoms with Gasteiger partial charge in [-0.3, -0.25) is 9.69 Å². The number of ether oxygens (including phenoxy) is 2. The van der Waals surface area contributed by atoms with E-state index in [0.29, 0.717) is 28.1 Å². The van der Waals surface area contributed by atoms with Crippen LogP contribution in [0.2, 0.25) is 0 Å². The molecule has 2 aliphatic rings. The van der Waals surface area contributed by atoms with Crippen molar-refractivity contribution in [3.8, 4) is 11.5 Å². The smallest absolute Gasteiger partial charge is 0.266 e. The normalized spacial score (nSPS) is 18.8. The number of thioether (sulfide) groups is 1. The SMILES string of the molecule is CCN1C(=O)/C(=C\c2cc(OC)c(N3CCCC3)cc2OC)SC1=Nc1ccc(F)cc1. The Kier molecular flexibility index (Phi) is 6.69. The van der Waals surface area contributed by atoms with Crippen molar-refractivity contribution in [2.75, 3.05) is 38.8 Å². The molecule has 0 saturated carbocycles. The van der Waals surface area contributed by atoms with Gasteiger partial charge in [-0.2, -0.15) is 0 Å². The molecule has 2 heterocycles. The van der Waals surface area contributed by atoms with Gasteiger partial charge in [0.05, 0.1) is 30.5 Å². The van der Waals surface area contributed by atoms with Gasteiger partial charge in [-0.15, -0.1) is 0 Å². The van der Waals surface area contributed by atoms with Crippen molar-refractivity contribution in [3.63, 3.8) is 0 Å². The fourth-order valence-electron chi connectivity index (χ4n) is 3.86. The average molecular weight is 456 g/mol. The van der Waals surface area contributed by atoms with E-state index >= 15 is 0 Å². The first-order valence-electron chi connectivity index (χ1n) is 10.6. The van der Waals surface area contributed by atoms with Crippen molar-refractivity contribution in [2.24, 2.45) is 4.99 Å². The summed E-state index contributed by atoms with van der Waals surface area (Å²) in [7, 11) is 3.28. The van der Waals surface area contributed by atoms with Crippen LogP contribution in [0.3, 0.4) is 0 Å². The highest BCUT2D eigenvalue weighted by Gasteiger charge is 2.32. The topological polar surface area (TPSA) is 54.4 Å². The Morgan fingerprint density at radius 3 is 2.41 bits per heavy atom. The first-order chi connectivity index (χ1) is 15.5. The van der Waals surface area contributed by atoms with Crippen LogP contribution in [0.15, 0.2) is 46.3 Å². The number of anilines is 1. The summed E-state index contributed by atoms with van der Waals surface area (Å²) in [5.74, 6) is 0.988. The molecule has 1 amide bonds. The maximum Gasteiger partial charge on any atom is 0.266 e. The third-order valence-corrected chi connectivity index (χ3v) is 6.53. The molecule has 4 rings (SSSR count). The highest BCUT2D eigenvalue weighted by molar-refractivity contribution is 8.18. The van der Waals surface area contributed by atoms with Gasteiger partial charge >= 0.3 is 0 Å². The van der Waals surface area contributed by atoms with E-state index in [-0.39, 0.29) is 11.7 Å². The minimum atomic E-state index is -0.324. The van der Waals surface area contributed by atoms with Crippen molar-refractivity contribution < 1.29 is 18.7 Å². The maximum absolute atomic E-state index is 13.2. The molecule has 32 heavy (non-hydrogen) atoms. The molecular weight excluding hydrogens is 429 g/mol. The first kappa shape index (κ1) is 22.2. The van der Waals surface area contributed by atoms with Gasteiger partial charge in [-0.1, -0.05) is 0 Å². The summed E-state index contributed by atoms with van der Waals surface area (Å²) in [6, 6.07) is 9.78. The van der Waals surface area contributed by atoms with Crippen molar-refractivity contribution in [1.29, 1.82) is 0 Å². The van der Waals surface area contributed by atoms with Crippen LogP contribution < -0.4 is 14.4 Å². The molecule has 0 atom stereocenters. The molecule has 8 heteroatoms. The van der Waals surface area contributed by atoms with Crippen LogP contribution in [0.25, 0.3) is 6.08 Å². The summed E-state index contributed by atoms with van der Waals surface area (Å²) in [5, 5.41) is 0.565. The summed E-state index contributed by atoms with van der Waals surface area (Å²) in [6.07, 6.45) is 4.13. The molecule has 0 bridgehead atoms. The molecule has 0 unspecified atom stereocenters. The third-order valence-electron chi connectivity index (χ3n) is 5.52. The average Bonchev–Trinajstić information content (AvgIpc) is 3.43. The van der Waals surface area contributed by atoms with Gasteiger partial charge < -0.3 is 14.4 Å². The molecule has 2 aromatic rings. The number of nitrogens with zero attached hydrogens (tertiary/aromatic N) is 3. The van der Waals surface area contributed by atoms with Gasteiger partial charge in [0.25, 0.3) is 5.91 Å². The molecule has 168 valence electrons. The Labute approximate surface area is 191 Å². The number of amidine groups is 1. The molecule has 0 N–H and O–H groups in total. The minimum Gasteiger partial charge on any atom is -0.496 e. The Morgan fingerprint density at radius 2 is 1.78 bits per heavy atom. The number of halogens is 1. The molecule has 0 aromatic heterocycles. The van der Waals surface area contributed by atoms with Crippen LogP contribution in [-0.2, 0) is 4.79 Å². The van der Waals surface area contributed by atoms with Gasteiger partial charge in [0.2, 0.25) is 0 Å². The van der Waals surface area contributed by atoms with Crippen molar-refractivity contribution in [1.82, 2.24) is 4.90 Å². The Balaban J connectivity index is 1.69. The van der Waals surface area contributed by atoms with E-state index in [1.807, 2.05) is 25.1 Å². The summed E-state index contributed by atoms with van der Waals surface area (Å²) in [5.41, 5.74) is 2.36. The van der Waals surface area contributed by atoms with E-state index in [0.717, 1.165) is 42.9 Å². The fraction of sp³-hybridized carbons (Fsp3) is 0.333. The van der Waals surface area contributed by atoms with Crippen LogP contribution >= 0.6 is 11.8 Å². The monoisotopic (exact) mass is 455 g/mol. The highest BCUT2D eigenvalue weighted by atomic mass is 32.2. The number of amides is 1. The number of likely N-dealkylation sites (N-methyl/N-ethyl adjacent to an activating group) is 1. The van der Waals surface area contributed by atoms with Gasteiger partial charge in [0, 0.05) is 31.3 Å². The van der Waals surface area contributed by atoms with E-state index in [1.54, 1.807) is 31.3 Å². The molecule has 2 saturated heterocycles. The summed E-state index contributed by atoms with van der Waals surface area (Å²) in [4.78, 5) is 22.0. The maximum atomic E-state index is 13.2. The number of benzene rings is 2. The molecule has 0 spiro atoms. The second kappa shape index (κ2) is 9.65. The first-order valence-corrected chi connectivity index (χ1v) is 11.4. The van der Waals surface area contributed by atoms with Crippen molar-refractivity contribution >= 4 is 40.3 Å². The van der Waals surface area contributed by atoms with Crippen molar-refractivity contribution in [3.05, 3.63) is 52.7 Å². The van der Waals surface area contributed by atoms with E-state index in [4.69, 9.17) is 9.47 Å². The fourth-order valence-corrected chi connectivity index (χ4v) is 4.91. The van der Waals surface area contributed by atoms with Gasteiger partial charge in [0.15, 0.2) is 5.17 Å². The molecule has 2 aromatic carbocycles. The van der Waals surface area contributed by atoms with Crippen LogP contribution in [0, 0.1) is 5.82 Å². The molecule has 6 nitrogen and oxygen atoms in total. The van der Waals surface area contributed by atoms with E-state index in [9.17, 15) is 9.18 Å². The number of hydrogen-bond acceptors (Lipinski definition) is 6. The van der Waals surface area contributed by atoms with Crippen LogP contribution in [0.4, 0.5) is 15.8 Å². The van der Waals surface area contributed by atoms with E-state index in [1.165, 1.54) is 23.9 Å². The number of methoxy groups -OCH3 is 2. The summed E-state index contributed by atoms with van der Waals surface area (Å²) < 4.78 is 24.5. The zero-order chi connectivity index (χ0) is 22.7. The second-order valence-electron chi connectivity index (χ2n) is 7.49. The Bertz CT molecular complexity index is 1060. The van der Waals surface area contributed by atoms with Gasteiger partial charge in [-0.05, 0) is 67.9 Å². The molecule has 2 fully saturated rings. The number of rotatable bonds is 6. The quantitative estimate of drug-likeness (QED) is 0.570. The van der Waals surface area contributed by atoms with Gasteiger partial charge in [-0.25, -0.2) is 9.38 Å². The van der Waals surface area contributed by atoms with E-state index in [2.05, 4.69) is 9.89 Å². The molecule has 0 aliphatic carbocycles. The lowest BCUT2D eigenvalue weighted by Crippen LogP contribution is -2.28.